The smallest absolute Gasteiger partial charge is 0.273 e. The van der Waals surface area contributed by atoms with Crippen molar-refractivity contribution in [3.63, 3.8) is 0 Å². The van der Waals surface area contributed by atoms with E-state index in [-0.39, 0.29) is 11.9 Å². The van der Waals surface area contributed by atoms with Crippen LogP contribution >= 0.6 is 0 Å². The summed E-state index contributed by atoms with van der Waals surface area (Å²) < 4.78 is 5.59. The van der Waals surface area contributed by atoms with Gasteiger partial charge in [-0.1, -0.05) is 37.5 Å². The fraction of sp³-hybridized carbons (Fsp3) is 0.429. The summed E-state index contributed by atoms with van der Waals surface area (Å²) in [5.74, 6) is 0.196. The number of nitrogens with two attached hydrogens (primary N) is 1. The molecule has 1 amide bonds. The number of oxazole rings is 1. The van der Waals surface area contributed by atoms with Crippen LogP contribution in [0, 0.1) is 0 Å². The molecule has 4 N–H and O–H groups in total. The molecule has 0 saturated heterocycles. The molecule has 2 heterocycles. The fourth-order valence-electron chi connectivity index (χ4n) is 3.90. The molecular formula is C21H26N4O2. The molecule has 1 aliphatic carbocycles. The molecule has 0 aliphatic heterocycles. The number of carbonyl (C=O) groups is 1. The second kappa shape index (κ2) is 7.19. The van der Waals surface area contributed by atoms with Crippen LogP contribution in [0.5, 0.6) is 0 Å². The Hall–Kier alpha value is -2.60. The van der Waals surface area contributed by atoms with Crippen LogP contribution in [0.3, 0.4) is 0 Å². The minimum absolute atomic E-state index is 0.181. The van der Waals surface area contributed by atoms with E-state index in [4.69, 9.17) is 10.2 Å². The second-order valence-corrected chi connectivity index (χ2v) is 7.80. The van der Waals surface area contributed by atoms with Gasteiger partial charge < -0.3 is 20.5 Å². The number of amides is 1. The Morgan fingerprint density at radius 3 is 2.93 bits per heavy atom. The Morgan fingerprint density at radius 2 is 2.11 bits per heavy atom. The summed E-state index contributed by atoms with van der Waals surface area (Å²) in [4.78, 5) is 20.1. The van der Waals surface area contributed by atoms with Gasteiger partial charge in [0.1, 0.15) is 6.26 Å². The lowest BCUT2D eigenvalue weighted by molar-refractivity contribution is 0.0922. The first kappa shape index (κ1) is 17.8. The van der Waals surface area contributed by atoms with Crippen LogP contribution in [-0.4, -0.2) is 21.9 Å². The van der Waals surface area contributed by atoms with E-state index in [0.29, 0.717) is 18.0 Å². The Labute approximate surface area is 158 Å². The summed E-state index contributed by atoms with van der Waals surface area (Å²) in [6.07, 6.45) is 9.59. The summed E-state index contributed by atoms with van der Waals surface area (Å²) in [6.45, 7) is 1.88. The van der Waals surface area contributed by atoms with Crippen molar-refractivity contribution in [2.45, 2.75) is 57.0 Å². The van der Waals surface area contributed by atoms with Crippen LogP contribution in [0.1, 0.15) is 61.0 Å². The summed E-state index contributed by atoms with van der Waals surface area (Å²) in [7, 11) is 0. The number of nitrogens with one attached hydrogen (secondary N) is 2. The van der Waals surface area contributed by atoms with E-state index in [2.05, 4.69) is 21.4 Å². The number of para-hydroxylation sites is 1. The van der Waals surface area contributed by atoms with Crippen LogP contribution in [0.25, 0.3) is 10.9 Å². The summed E-state index contributed by atoms with van der Waals surface area (Å²) in [5.41, 5.74) is 8.17. The van der Waals surface area contributed by atoms with E-state index in [1.54, 1.807) is 0 Å². The molecule has 4 rings (SSSR count). The first-order valence-electron chi connectivity index (χ1n) is 9.64. The monoisotopic (exact) mass is 366 g/mol. The first-order chi connectivity index (χ1) is 13.0. The van der Waals surface area contributed by atoms with E-state index >= 15 is 0 Å². The number of H-pyrrole nitrogens is 1. The van der Waals surface area contributed by atoms with Crippen molar-refractivity contribution in [3.8, 4) is 0 Å². The van der Waals surface area contributed by atoms with Gasteiger partial charge in [-0.15, -0.1) is 0 Å². The third kappa shape index (κ3) is 3.76. The average molecular weight is 366 g/mol. The van der Waals surface area contributed by atoms with Gasteiger partial charge in [0.25, 0.3) is 5.91 Å². The maximum atomic E-state index is 12.5. The van der Waals surface area contributed by atoms with Crippen LogP contribution in [0.2, 0.25) is 0 Å². The molecule has 27 heavy (non-hydrogen) atoms. The molecule has 3 aromatic rings. The van der Waals surface area contributed by atoms with Gasteiger partial charge in [-0.3, -0.25) is 4.79 Å². The zero-order chi connectivity index (χ0) is 18.9. The first-order valence-corrected chi connectivity index (χ1v) is 9.64. The molecule has 142 valence electrons. The lowest BCUT2D eigenvalue weighted by Gasteiger charge is -2.22. The van der Waals surface area contributed by atoms with Crippen molar-refractivity contribution in [2.75, 3.05) is 0 Å². The number of hydrogen-bond donors (Lipinski definition) is 3. The summed E-state index contributed by atoms with van der Waals surface area (Å²) in [5, 5.41) is 4.20. The Morgan fingerprint density at radius 1 is 1.33 bits per heavy atom. The summed E-state index contributed by atoms with van der Waals surface area (Å²) in [6, 6.07) is 8.34. The maximum absolute atomic E-state index is 12.5. The SMILES string of the molecule is C[C@](N)(Cc1c[nH]c2ccccc12)c1nc(C(=O)NC2CCCCC2)co1. The average Bonchev–Trinajstić information content (AvgIpc) is 3.31. The highest BCUT2D eigenvalue weighted by Gasteiger charge is 2.30. The van der Waals surface area contributed by atoms with E-state index < -0.39 is 5.54 Å². The van der Waals surface area contributed by atoms with Gasteiger partial charge in [0.2, 0.25) is 5.89 Å². The predicted molar refractivity (Wildman–Crippen MR) is 104 cm³/mol. The number of hydrogen-bond acceptors (Lipinski definition) is 4. The lowest BCUT2D eigenvalue weighted by Crippen LogP contribution is -2.37. The maximum Gasteiger partial charge on any atom is 0.273 e. The van der Waals surface area contributed by atoms with Crippen LogP contribution in [-0.2, 0) is 12.0 Å². The van der Waals surface area contributed by atoms with Crippen molar-refractivity contribution < 1.29 is 9.21 Å². The van der Waals surface area contributed by atoms with Crippen molar-refractivity contribution in [2.24, 2.45) is 5.73 Å². The van der Waals surface area contributed by atoms with Gasteiger partial charge in [0.05, 0.1) is 5.54 Å². The Balaban J connectivity index is 1.48. The molecule has 0 bridgehead atoms. The molecule has 1 fully saturated rings. The largest absolute Gasteiger partial charge is 0.446 e. The molecule has 6 heteroatoms. The zero-order valence-corrected chi connectivity index (χ0v) is 15.6. The third-order valence-electron chi connectivity index (χ3n) is 5.40. The number of nitrogens with zero attached hydrogens (tertiary/aromatic N) is 1. The van der Waals surface area contributed by atoms with Crippen molar-refractivity contribution in [3.05, 3.63) is 53.9 Å². The quantitative estimate of drug-likeness (QED) is 0.642. The van der Waals surface area contributed by atoms with E-state index in [1.165, 1.54) is 25.5 Å². The second-order valence-electron chi connectivity index (χ2n) is 7.80. The van der Waals surface area contributed by atoms with Gasteiger partial charge in [-0.05, 0) is 31.4 Å². The number of rotatable bonds is 5. The number of aromatic amines is 1. The number of fused-ring (bicyclic) bond motifs is 1. The van der Waals surface area contributed by atoms with Gasteiger partial charge >= 0.3 is 0 Å². The minimum atomic E-state index is -0.811. The zero-order valence-electron chi connectivity index (χ0n) is 15.6. The van der Waals surface area contributed by atoms with Gasteiger partial charge in [-0.2, -0.15) is 0 Å². The van der Waals surface area contributed by atoms with Crippen LogP contribution in [0.15, 0.2) is 41.1 Å². The molecule has 0 radical (unpaired) electrons. The van der Waals surface area contributed by atoms with E-state index in [9.17, 15) is 4.79 Å². The molecule has 2 aromatic heterocycles. The van der Waals surface area contributed by atoms with Crippen LogP contribution < -0.4 is 11.1 Å². The molecule has 1 aliphatic rings. The molecular weight excluding hydrogens is 340 g/mol. The number of aromatic nitrogens is 2. The normalized spacial score (nSPS) is 17.7. The lowest BCUT2D eigenvalue weighted by atomic mass is 9.93. The van der Waals surface area contributed by atoms with Crippen LogP contribution in [0.4, 0.5) is 0 Å². The minimum Gasteiger partial charge on any atom is -0.446 e. The highest BCUT2D eigenvalue weighted by Crippen LogP contribution is 2.27. The number of benzene rings is 1. The molecule has 0 unspecified atom stereocenters. The van der Waals surface area contributed by atoms with Gasteiger partial charge in [-0.25, -0.2) is 4.98 Å². The van der Waals surface area contributed by atoms with E-state index in [1.807, 2.05) is 31.3 Å². The molecule has 1 aromatic carbocycles. The Bertz CT molecular complexity index is 934. The molecule has 1 atom stereocenters. The third-order valence-corrected chi connectivity index (χ3v) is 5.40. The van der Waals surface area contributed by atoms with Crippen molar-refractivity contribution in [1.82, 2.24) is 15.3 Å². The molecule has 0 spiro atoms. The fourth-order valence-corrected chi connectivity index (χ4v) is 3.90. The van der Waals surface area contributed by atoms with Crippen molar-refractivity contribution >= 4 is 16.8 Å². The molecule has 6 nitrogen and oxygen atoms in total. The highest BCUT2D eigenvalue weighted by atomic mass is 16.3. The summed E-state index contributed by atoms with van der Waals surface area (Å²) >= 11 is 0. The predicted octanol–water partition coefficient (Wildman–Crippen LogP) is 3.64. The number of carbonyl (C=O) groups excluding carboxylic acids is 1. The standard InChI is InChI=1S/C21H26N4O2/c1-21(22,11-14-12-23-17-10-6-5-9-16(14)17)20-25-18(13-27-20)19(26)24-15-7-3-2-4-8-15/h5-6,9-10,12-13,15,23H,2-4,7-8,11,22H2,1H3,(H,24,26)/t21-/m0/s1. The molecule has 1 saturated carbocycles. The van der Waals surface area contributed by atoms with E-state index in [0.717, 1.165) is 29.3 Å². The van der Waals surface area contributed by atoms with Gasteiger partial charge in [0.15, 0.2) is 5.69 Å². The Kier molecular flexibility index (Phi) is 4.74. The van der Waals surface area contributed by atoms with Crippen molar-refractivity contribution in [1.29, 1.82) is 0 Å². The highest BCUT2D eigenvalue weighted by molar-refractivity contribution is 5.92. The van der Waals surface area contributed by atoms with Gasteiger partial charge in [0, 0.05) is 29.6 Å². The topological polar surface area (TPSA) is 96.9 Å².